The normalized spacial score (nSPS) is 15.0. The van der Waals surface area contributed by atoms with Crippen molar-refractivity contribution in [2.75, 3.05) is 18.5 Å². The molecule has 0 saturated carbocycles. The van der Waals surface area contributed by atoms with Crippen molar-refractivity contribution in [3.05, 3.63) is 52.5 Å². The lowest BCUT2D eigenvalue weighted by Crippen LogP contribution is -2.29. The minimum absolute atomic E-state index is 0.204. The Morgan fingerprint density at radius 1 is 1.25 bits per heavy atom. The monoisotopic (exact) mass is 388 g/mol. The summed E-state index contributed by atoms with van der Waals surface area (Å²) in [4.78, 5) is 21.3. The van der Waals surface area contributed by atoms with Crippen LogP contribution in [0, 0.1) is 11.6 Å². The molecule has 28 heavy (non-hydrogen) atoms. The van der Waals surface area contributed by atoms with Crippen LogP contribution < -0.4 is 15.6 Å². The van der Waals surface area contributed by atoms with Crippen LogP contribution in [0.15, 0.2) is 35.3 Å². The fraction of sp³-hybridized carbons (Fsp3) is 0.316. The molecule has 0 unspecified atom stereocenters. The first-order chi connectivity index (χ1) is 13.5. The highest BCUT2D eigenvalue weighted by atomic mass is 19.1. The summed E-state index contributed by atoms with van der Waals surface area (Å²) in [6, 6.07) is 4.91. The average molecular weight is 388 g/mol. The SMILES string of the molecule is Cn1c(=O)c(Oc2c(F)cccc2F)cc2cnc(NC3CCOCC3)nc21. The number of benzene rings is 1. The van der Waals surface area contributed by atoms with E-state index in [-0.39, 0.29) is 11.8 Å². The molecule has 0 spiro atoms. The minimum Gasteiger partial charge on any atom is -0.445 e. The number of hydrogen-bond acceptors (Lipinski definition) is 6. The van der Waals surface area contributed by atoms with Crippen molar-refractivity contribution < 1.29 is 18.3 Å². The third-order valence-corrected chi connectivity index (χ3v) is 4.60. The van der Waals surface area contributed by atoms with E-state index >= 15 is 0 Å². The molecule has 2 aromatic heterocycles. The van der Waals surface area contributed by atoms with Gasteiger partial charge in [0.2, 0.25) is 5.95 Å². The number of aryl methyl sites for hydroxylation is 1. The molecule has 146 valence electrons. The molecule has 1 aliphatic heterocycles. The van der Waals surface area contributed by atoms with E-state index in [4.69, 9.17) is 9.47 Å². The van der Waals surface area contributed by atoms with Gasteiger partial charge in [0.05, 0.1) is 0 Å². The Bertz CT molecular complexity index is 1060. The third-order valence-electron chi connectivity index (χ3n) is 4.60. The van der Waals surface area contributed by atoms with Crippen LogP contribution in [0.3, 0.4) is 0 Å². The van der Waals surface area contributed by atoms with Crippen molar-refractivity contribution in [3.8, 4) is 11.5 Å². The van der Waals surface area contributed by atoms with E-state index in [0.717, 1.165) is 25.0 Å². The summed E-state index contributed by atoms with van der Waals surface area (Å²) < 4.78 is 39.5. The van der Waals surface area contributed by atoms with Gasteiger partial charge in [-0.15, -0.1) is 0 Å². The summed E-state index contributed by atoms with van der Waals surface area (Å²) in [7, 11) is 1.51. The summed E-state index contributed by atoms with van der Waals surface area (Å²) >= 11 is 0. The second-order valence-electron chi connectivity index (χ2n) is 6.53. The van der Waals surface area contributed by atoms with Crippen molar-refractivity contribution in [1.82, 2.24) is 14.5 Å². The number of rotatable bonds is 4. The second-order valence-corrected chi connectivity index (χ2v) is 6.53. The van der Waals surface area contributed by atoms with Gasteiger partial charge in [0.1, 0.15) is 5.65 Å². The van der Waals surface area contributed by atoms with Crippen molar-refractivity contribution in [2.45, 2.75) is 18.9 Å². The molecule has 9 heteroatoms. The Labute approximate surface area is 158 Å². The average Bonchev–Trinajstić information content (AvgIpc) is 2.70. The molecular formula is C19H18F2N4O3. The largest absolute Gasteiger partial charge is 0.445 e. The predicted molar refractivity (Wildman–Crippen MR) is 98.7 cm³/mol. The van der Waals surface area contributed by atoms with Crippen LogP contribution in [0.2, 0.25) is 0 Å². The van der Waals surface area contributed by atoms with Gasteiger partial charge in [-0.1, -0.05) is 6.07 Å². The van der Waals surface area contributed by atoms with Crippen LogP contribution in [0.4, 0.5) is 14.7 Å². The number of para-hydroxylation sites is 1. The smallest absolute Gasteiger partial charge is 0.294 e. The number of nitrogens with one attached hydrogen (secondary N) is 1. The number of halogens is 2. The molecule has 4 rings (SSSR count). The van der Waals surface area contributed by atoms with Crippen LogP contribution in [0.1, 0.15) is 12.8 Å². The number of fused-ring (bicyclic) bond motifs is 1. The minimum atomic E-state index is -0.894. The van der Waals surface area contributed by atoms with E-state index in [0.29, 0.717) is 30.2 Å². The van der Waals surface area contributed by atoms with Crippen LogP contribution in [0.25, 0.3) is 11.0 Å². The van der Waals surface area contributed by atoms with Gasteiger partial charge in [0.25, 0.3) is 5.56 Å². The molecule has 0 bridgehead atoms. The van der Waals surface area contributed by atoms with Crippen molar-refractivity contribution in [2.24, 2.45) is 7.05 Å². The molecule has 1 aromatic carbocycles. The van der Waals surface area contributed by atoms with Gasteiger partial charge in [0.15, 0.2) is 23.1 Å². The predicted octanol–water partition coefficient (Wildman–Crippen LogP) is 2.99. The lowest BCUT2D eigenvalue weighted by Gasteiger charge is -2.23. The maximum absolute atomic E-state index is 13.8. The lowest BCUT2D eigenvalue weighted by atomic mass is 10.1. The van der Waals surface area contributed by atoms with Crippen LogP contribution in [-0.4, -0.2) is 33.8 Å². The van der Waals surface area contributed by atoms with Crippen molar-refractivity contribution in [1.29, 1.82) is 0 Å². The van der Waals surface area contributed by atoms with E-state index < -0.39 is 22.9 Å². The van der Waals surface area contributed by atoms with Gasteiger partial charge in [-0.2, -0.15) is 4.98 Å². The lowest BCUT2D eigenvalue weighted by molar-refractivity contribution is 0.0903. The molecule has 3 aromatic rings. The van der Waals surface area contributed by atoms with E-state index in [9.17, 15) is 13.6 Å². The Morgan fingerprint density at radius 2 is 1.96 bits per heavy atom. The van der Waals surface area contributed by atoms with E-state index in [1.54, 1.807) is 0 Å². The van der Waals surface area contributed by atoms with Gasteiger partial charge >= 0.3 is 0 Å². The number of nitrogens with zero attached hydrogens (tertiary/aromatic N) is 3. The number of anilines is 1. The second kappa shape index (κ2) is 7.51. The highest BCUT2D eigenvalue weighted by Crippen LogP contribution is 2.27. The first-order valence-electron chi connectivity index (χ1n) is 8.86. The van der Waals surface area contributed by atoms with E-state index in [2.05, 4.69) is 15.3 Å². The maximum atomic E-state index is 13.8. The summed E-state index contributed by atoms with van der Waals surface area (Å²) in [5.41, 5.74) is -0.179. The molecule has 0 amide bonds. The molecule has 7 nitrogen and oxygen atoms in total. The summed E-state index contributed by atoms with van der Waals surface area (Å²) in [6.45, 7) is 1.36. The fourth-order valence-corrected chi connectivity index (χ4v) is 3.07. The molecular weight excluding hydrogens is 370 g/mol. The molecule has 0 aliphatic carbocycles. The zero-order chi connectivity index (χ0) is 19.7. The van der Waals surface area contributed by atoms with E-state index in [1.807, 2.05) is 0 Å². The van der Waals surface area contributed by atoms with Gasteiger partial charge in [-0.25, -0.2) is 13.8 Å². The highest BCUT2D eigenvalue weighted by Gasteiger charge is 2.18. The van der Waals surface area contributed by atoms with Crippen LogP contribution in [-0.2, 0) is 11.8 Å². The maximum Gasteiger partial charge on any atom is 0.294 e. The number of ether oxygens (including phenoxy) is 2. The van der Waals surface area contributed by atoms with Gasteiger partial charge in [0, 0.05) is 37.9 Å². The quantitative estimate of drug-likeness (QED) is 0.740. The molecule has 3 heterocycles. The Kier molecular flexibility index (Phi) is 4.91. The zero-order valence-corrected chi connectivity index (χ0v) is 15.1. The zero-order valence-electron chi connectivity index (χ0n) is 15.1. The van der Waals surface area contributed by atoms with Gasteiger partial charge < -0.3 is 14.8 Å². The summed E-state index contributed by atoms with van der Waals surface area (Å²) in [5.74, 6) is -2.22. The number of pyridine rings is 1. The fourth-order valence-electron chi connectivity index (χ4n) is 3.07. The van der Waals surface area contributed by atoms with Crippen molar-refractivity contribution in [3.63, 3.8) is 0 Å². The van der Waals surface area contributed by atoms with Gasteiger partial charge in [-0.05, 0) is 31.0 Å². The Morgan fingerprint density at radius 3 is 2.68 bits per heavy atom. The molecule has 1 aliphatic rings. The Balaban J connectivity index is 1.68. The van der Waals surface area contributed by atoms with Gasteiger partial charge in [-0.3, -0.25) is 9.36 Å². The standard InChI is InChI=1S/C19H18F2N4O3/c1-25-17-11(10-22-19(24-17)23-12-5-7-27-8-6-12)9-15(18(25)26)28-16-13(20)3-2-4-14(16)21/h2-4,9-10,12H,5-8H2,1H3,(H,22,23,24). The molecule has 1 N–H and O–H groups in total. The number of hydrogen-bond donors (Lipinski definition) is 1. The van der Waals surface area contributed by atoms with Crippen LogP contribution in [0.5, 0.6) is 11.5 Å². The first kappa shape index (κ1) is 18.3. The van der Waals surface area contributed by atoms with Crippen molar-refractivity contribution >= 4 is 17.0 Å². The highest BCUT2D eigenvalue weighted by molar-refractivity contribution is 5.76. The molecule has 1 saturated heterocycles. The molecule has 0 radical (unpaired) electrons. The first-order valence-corrected chi connectivity index (χ1v) is 8.86. The molecule has 1 fully saturated rings. The number of aromatic nitrogens is 3. The van der Waals surface area contributed by atoms with Crippen LogP contribution >= 0.6 is 0 Å². The summed E-state index contributed by atoms with van der Waals surface area (Å²) in [6.07, 6.45) is 3.23. The molecule has 0 atom stereocenters. The topological polar surface area (TPSA) is 78.3 Å². The third kappa shape index (κ3) is 3.53. The van der Waals surface area contributed by atoms with E-state index in [1.165, 1.54) is 29.9 Å². The Hall–Kier alpha value is -3.07. The summed E-state index contributed by atoms with van der Waals surface area (Å²) in [5, 5.41) is 3.75.